The molecule has 0 unspecified atom stereocenters. The lowest BCUT2D eigenvalue weighted by Crippen LogP contribution is -1.99. The predicted molar refractivity (Wildman–Crippen MR) is 60.9 cm³/mol. The van der Waals surface area contributed by atoms with Crippen molar-refractivity contribution in [1.29, 1.82) is 0 Å². The summed E-state index contributed by atoms with van der Waals surface area (Å²) in [6, 6.07) is 0. The van der Waals surface area contributed by atoms with Gasteiger partial charge in [-0.1, -0.05) is 37.1 Å². The molecule has 0 aromatic rings. The maximum atomic E-state index is 5.87. The molecule has 0 aliphatic heterocycles. The van der Waals surface area contributed by atoms with E-state index in [1.807, 2.05) is 19.9 Å². The summed E-state index contributed by atoms with van der Waals surface area (Å²) < 4.78 is 0. The van der Waals surface area contributed by atoms with Gasteiger partial charge in [0.1, 0.15) is 0 Å². The first-order valence-corrected chi connectivity index (χ1v) is 5.45. The lowest BCUT2D eigenvalue weighted by Gasteiger charge is -2.00. The van der Waals surface area contributed by atoms with Crippen molar-refractivity contribution >= 4 is 11.6 Å². The third-order valence-corrected chi connectivity index (χ3v) is 2.19. The second-order valence-corrected chi connectivity index (χ2v) is 3.32. The van der Waals surface area contributed by atoms with Gasteiger partial charge in [-0.15, -0.1) is 0 Å². The maximum Gasteiger partial charge on any atom is 0.0181 e. The molecule has 76 valence electrons. The Bertz CT molecular complexity index is 179. The minimum absolute atomic E-state index is 0.747. The predicted octanol–water partition coefficient (Wildman–Crippen LogP) is 3.59. The Morgan fingerprint density at radius 2 is 2.00 bits per heavy atom. The van der Waals surface area contributed by atoms with E-state index in [2.05, 4.69) is 6.08 Å². The van der Waals surface area contributed by atoms with E-state index in [9.17, 15) is 0 Å². The Hall–Kier alpha value is -0.270. The SMILES string of the molecule is CC.NCCC1=CC=C(Cl)CCC1. The average Bonchev–Trinajstić information content (AvgIpc) is 2.36. The van der Waals surface area contributed by atoms with Crippen LogP contribution < -0.4 is 5.73 Å². The highest BCUT2D eigenvalue weighted by Gasteiger charge is 2.01. The summed E-state index contributed by atoms with van der Waals surface area (Å²) in [5.74, 6) is 0. The zero-order chi connectivity index (χ0) is 10.1. The van der Waals surface area contributed by atoms with Crippen molar-refractivity contribution in [3.8, 4) is 0 Å². The fraction of sp³-hybridized carbons (Fsp3) is 0.636. The molecule has 1 rings (SSSR count). The van der Waals surface area contributed by atoms with E-state index in [0.29, 0.717) is 0 Å². The van der Waals surface area contributed by atoms with Crippen molar-refractivity contribution in [1.82, 2.24) is 0 Å². The van der Waals surface area contributed by atoms with Crippen molar-refractivity contribution in [2.45, 2.75) is 39.5 Å². The molecule has 1 aliphatic rings. The van der Waals surface area contributed by atoms with Crippen LogP contribution in [-0.2, 0) is 0 Å². The van der Waals surface area contributed by atoms with Gasteiger partial charge >= 0.3 is 0 Å². The van der Waals surface area contributed by atoms with Crippen LogP contribution in [0.2, 0.25) is 0 Å². The molecule has 0 bridgehead atoms. The Kier molecular flexibility index (Phi) is 8.16. The van der Waals surface area contributed by atoms with Crippen LogP contribution in [0, 0.1) is 0 Å². The molecule has 0 saturated heterocycles. The van der Waals surface area contributed by atoms with E-state index in [4.69, 9.17) is 17.3 Å². The largest absolute Gasteiger partial charge is 0.330 e. The van der Waals surface area contributed by atoms with Gasteiger partial charge in [-0.3, -0.25) is 0 Å². The van der Waals surface area contributed by atoms with Crippen LogP contribution in [0.5, 0.6) is 0 Å². The van der Waals surface area contributed by atoms with Gasteiger partial charge in [-0.25, -0.2) is 0 Å². The van der Waals surface area contributed by atoms with E-state index >= 15 is 0 Å². The zero-order valence-electron chi connectivity index (χ0n) is 8.65. The molecule has 0 radical (unpaired) electrons. The van der Waals surface area contributed by atoms with E-state index in [1.165, 1.54) is 12.0 Å². The van der Waals surface area contributed by atoms with Crippen LogP contribution in [0.4, 0.5) is 0 Å². The van der Waals surface area contributed by atoms with Crippen LogP contribution in [0.1, 0.15) is 39.5 Å². The quantitative estimate of drug-likeness (QED) is 0.726. The molecular weight excluding hydrogens is 182 g/mol. The second kappa shape index (κ2) is 8.33. The third-order valence-electron chi connectivity index (χ3n) is 1.88. The van der Waals surface area contributed by atoms with Gasteiger partial charge in [0.05, 0.1) is 0 Å². The van der Waals surface area contributed by atoms with E-state index in [1.54, 1.807) is 0 Å². The minimum Gasteiger partial charge on any atom is -0.330 e. The highest BCUT2D eigenvalue weighted by atomic mass is 35.5. The second-order valence-electron chi connectivity index (χ2n) is 2.83. The van der Waals surface area contributed by atoms with Crippen LogP contribution in [-0.4, -0.2) is 6.54 Å². The summed E-state index contributed by atoms with van der Waals surface area (Å²) in [5, 5.41) is 0.969. The van der Waals surface area contributed by atoms with Crippen molar-refractivity contribution in [2.24, 2.45) is 5.73 Å². The summed E-state index contributed by atoms with van der Waals surface area (Å²) >= 11 is 5.87. The summed E-state index contributed by atoms with van der Waals surface area (Å²) in [5.41, 5.74) is 6.88. The van der Waals surface area contributed by atoms with Crippen LogP contribution in [0.25, 0.3) is 0 Å². The first-order chi connectivity index (χ1) is 6.33. The maximum absolute atomic E-state index is 5.87. The summed E-state index contributed by atoms with van der Waals surface area (Å²) in [7, 11) is 0. The number of halogens is 1. The van der Waals surface area contributed by atoms with Gasteiger partial charge < -0.3 is 5.73 Å². The third kappa shape index (κ3) is 5.89. The fourth-order valence-corrected chi connectivity index (χ4v) is 1.45. The Morgan fingerprint density at radius 1 is 1.31 bits per heavy atom. The molecule has 0 aromatic carbocycles. The molecule has 13 heavy (non-hydrogen) atoms. The van der Waals surface area contributed by atoms with Gasteiger partial charge in [0, 0.05) is 5.03 Å². The molecule has 0 heterocycles. The van der Waals surface area contributed by atoms with Gasteiger partial charge in [0.15, 0.2) is 0 Å². The average molecular weight is 202 g/mol. The summed E-state index contributed by atoms with van der Waals surface area (Å²) in [6.45, 7) is 4.75. The standard InChI is InChI=1S/C9H14ClN.C2H6/c10-9-3-1-2-8(4-5-9)6-7-11;1-2/h4-5H,1-3,6-7,11H2;1-2H3. The highest BCUT2D eigenvalue weighted by molar-refractivity contribution is 6.29. The first-order valence-electron chi connectivity index (χ1n) is 5.07. The smallest absolute Gasteiger partial charge is 0.0181 e. The Balaban J connectivity index is 0.000000671. The van der Waals surface area contributed by atoms with Crippen LogP contribution in [0.15, 0.2) is 22.8 Å². The molecule has 0 fully saturated rings. The molecule has 0 atom stereocenters. The fourth-order valence-electron chi connectivity index (χ4n) is 1.25. The van der Waals surface area contributed by atoms with Gasteiger partial charge in [-0.2, -0.15) is 0 Å². The lowest BCUT2D eigenvalue weighted by molar-refractivity contribution is 0.787. The van der Waals surface area contributed by atoms with Crippen molar-refractivity contribution in [3.05, 3.63) is 22.8 Å². The number of nitrogens with two attached hydrogens (primary N) is 1. The Labute approximate surface area is 86.7 Å². The van der Waals surface area contributed by atoms with E-state index in [-0.39, 0.29) is 0 Å². The first kappa shape index (κ1) is 12.7. The monoisotopic (exact) mass is 201 g/mol. The van der Waals surface area contributed by atoms with Crippen molar-refractivity contribution in [3.63, 3.8) is 0 Å². The molecule has 2 heteroatoms. The molecular formula is C11H20ClN. The lowest BCUT2D eigenvalue weighted by atomic mass is 10.1. The number of hydrogen-bond acceptors (Lipinski definition) is 1. The number of allylic oxidation sites excluding steroid dienone is 3. The van der Waals surface area contributed by atoms with Gasteiger partial charge in [-0.05, 0) is 38.3 Å². The minimum atomic E-state index is 0.747. The molecule has 0 aromatic heterocycles. The van der Waals surface area contributed by atoms with Crippen LogP contribution in [0.3, 0.4) is 0 Å². The molecule has 1 aliphatic carbocycles. The number of hydrogen-bond donors (Lipinski definition) is 1. The van der Waals surface area contributed by atoms with Crippen LogP contribution >= 0.6 is 11.6 Å². The zero-order valence-corrected chi connectivity index (χ0v) is 9.40. The summed E-state index contributed by atoms with van der Waals surface area (Å²) in [6.07, 6.45) is 8.47. The summed E-state index contributed by atoms with van der Waals surface area (Å²) in [4.78, 5) is 0. The van der Waals surface area contributed by atoms with Crippen molar-refractivity contribution < 1.29 is 0 Å². The highest BCUT2D eigenvalue weighted by Crippen LogP contribution is 2.21. The topological polar surface area (TPSA) is 26.0 Å². The molecule has 1 nitrogen and oxygen atoms in total. The Morgan fingerprint density at radius 3 is 2.62 bits per heavy atom. The molecule has 0 amide bonds. The molecule has 2 N–H and O–H groups in total. The molecule has 0 spiro atoms. The van der Waals surface area contributed by atoms with Crippen molar-refractivity contribution in [2.75, 3.05) is 6.54 Å². The van der Waals surface area contributed by atoms with E-state index < -0.39 is 0 Å². The van der Waals surface area contributed by atoms with Gasteiger partial charge in [0.25, 0.3) is 0 Å². The van der Waals surface area contributed by atoms with Gasteiger partial charge in [0.2, 0.25) is 0 Å². The van der Waals surface area contributed by atoms with E-state index in [0.717, 1.165) is 30.8 Å². The number of rotatable bonds is 2. The molecule has 0 saturated carbocycles. The normalized spacial score (nSPS) is 16.3.